The van der Waals surface area contributed by atoms with Gasteiger partial charge in [0.05, 0.1) is 25.8 Å². The van der Waals surface area contributed by atoms with E-state index in [0.29, 0.717) is 0 Å². The Morgan fingerprint density at radius 2 is 1.51 bits per heavy atom. The van der Waals surface area contributed by atoms with Crippen LogP contribution in [-0.2, 0) is 9.53 Å². The van der Waals surface area contributed by atoms with Crippen LogP contribution in [-0.4, -0.2) is 86.6 Å². The summed E-state index contributed by atoms with van der Waals surface area (Å²) in [5, 5.41) is 70.3. The maximum absolute atomic E-state index is 11.5. The average Bonchev–Trinajstić information content (AvgIpc) is 2.84. The van der Waals surface area contributed by atoms with Gasteiger partial charge in [0.1, 0.15) is 35.2 Å². The standard InChI is InChI=1S/C23H22O13.ClH/c1-32-13-3-8(4-14(33-2)16(13)26)20-15(7-10-11(25)5-9(24)6-12(10)34-20)35-23-19(29)17(27)18(28)21(36-23)22(30)31;/h3-7,17-19,21,23,27-29H,1-2H3,(H3-,24,25,26,30,31);1H/t17-,18-,19+,21-,23+;/m0./s1. The van der Waals surface area contributed by atoms with E-state index in [1.165, 1.54) is 38.5 Å². The zero-order valence-corrected chi connectivity index (χ0v) is 20.0. The molecule has 0 saturated carbocycles. The highest BCUT2D eigenvalue weighted by molar-refractivity contribution is 5.88. The van der Waals surface area contributed by atoms with E-state index in [-0.39, 0.29) is 63.4 Å². The molecule has 7 N–H and O–H groups in total. The van der Waals surface area contributed by atoms with Crippen LogP contribution in [0.1, 0.15) is 0 Å². The topological polar surface area (TPSA) is 207 Å². The van der Waals surface area contributed by atoms with E-state index in [9.17, 15) is 40.5 Å². The molecule has 1 aromatic heterocycles. The molecule has 3 aromatic rings. The molecule has 0 radical (unpaired) electrons. The molecule has 1 fully saturated rings. The van der Waals surface area contributed by atoms with Gasteiger partial charge in [0, 0.05) is 24.3 Å². The third kappa shape index (κ3) is 5.08. The highest BCUT2D eigenvalue weighted by Gasteiger charge is 2.48. The predicted molar refractivity (Wildman–Crippen MR) is 119 cm³/mol. The second-order valence-corrected chi connectivity index (χ2v) is 7.90. The number of carbonyl (C=O) groups is 1. The monoisotopic (exact) mass is 542 g/mol. The summed E-state index contributed by atoms with van der Waals surface area (Å²) >= 11 is 0. The fourth-order valence-electron chi connectivity index (χ4n) is 3.77. The van der Waals surface area contributed by atoms with Crippen molar-refractivity contribution in [3.63, 3.8) is 0 Å². The van der Waals surface area contributed by atoms with Crippen LogP contribution in [0.15, 0.2) is 34.7 Å². The van der Waals surface area contributed by atoms with Gasteiger partial charge in [-0.1, -0.05) is 0 Å². The maximum atomic E-state index is 11.5. The smallest absolute Gasteiger partial charge is 0.402 e. The third-order valence-corrected chi connectivity index (χ3v) is 5.61. The number of carboxylic acid groups (broad SMARTS) is 1. The number of fused-ring (bicyclic) bond motifs is 1. The molecule has 5 atom stereocenters. The first-order valence-corrected chi connectivity index (χ1v) is 10.4. The lowest BCUT2D eigenvalue weighted by Crippen LogP contribution is -3.00. The van der Waals surface area contributed by atoms with E-state index >= 15 is 0 Å². The van der Waals surface area contributed by atoms with Gasteiger partial charge in [-0.2, -0.15) is 0 Å². The highest BCUT2D eigenvalue weighted by atomic mass is 35.5. The summed E-state index contributed by atoms with van der Waals surface area (Å²) in [6, 6.07) is 6.23. The molecule has 4 rings (SSSR count). The Bertz CT molecular complexity index is 1290. The zero-order valence-electron chi connectivity index (χ0n) is 19.2. The first-order valence-electron chi connectivity index (χ1n) is 10.4. The molecule has 1 saturated heterocycles. The number of aliphatic hydroxyl groups is 3. The lowest BCUT2D eigenvalue weighted by atomic mass is 9.99. The van der Waals surface area contributed by atoms with Crippen LogP contribution in [0, 0.1) is 0 Å². The lowest BCUT2D eigenvalue weighted by Gasteiger charge is -2.38. The summed E-state index contributed by atoms with van der Waals surface area (Å²) in [6.45, 7) is 0. The van der Waals surface area contributed by atoms with Crippen molar-refractivity contribution in [2.24, 2.45) is 0 Å². The van der Waals surface area contributed by atoms with Crippen LogP contribution >= 0.6 is 0 Å². The van der Waals surface area contributed by atoms with Crippen molar-refractivity contribution in [3.8, 4) is 45.8 Å². The van der Waals surface area contributed by atoms with Crippen molar-refractivity contribution >= 4 is 16.9 Å². The summed E-state index contributed by atoms with van der Waals surface area (Å²) < 4.78 is 27.1. The molecule has 200 valence electrons. The van der Waals surface area contributed by atoms with Crippen molar-refractivity contribution in [1.82, 2.24) is 0 Å². The van der Waals surface area contributed by atoms with Gasteiger partial charge >= 0.3 is 17.3 Å². The minimum atomic E-state index is -1.93. The Morgan fingerprint density at radius 1 is 0.892 bits per heavy atom. The van der Waals surface area contributed by atoms with Crippen molar-refractivity contribution in [3.05, 3.63) is 30.3 Å². The Hall–Kier alpha value is -3.75. The molecular weight excluding hydrogens is 520 g/mol. The number of hydrogen-bond acceptors (Lipinski definition) is 11. The Labute approximate surface area is 214 Å². The van der Waals surface area contributed by atoms with Crippen LogP contribution in [0.4, 0.5) is 0 Å². The van der Waals surface area contributed by atoms with Crippen molar-refractivity contribution in [2.75, 3.05) is 14.2 Å². The molecule has 1 aliphatic rings. The molecule has 0 spiro atoms. The van der Waals surface area contributed by atoms with Gasteiger partial charge in [0.2, 0.25) is 17.8 Å². The van der Waals surface area contributed by atoms with Crippen LogP contribution < -0.4 is 26.6 Å². The first kappa shape index (κ1) is 27.8. The molecule has 13 nitrogen and oxygen atoms in total. The Morgan fingerprint density at radius 3 is 2.08 bits per heavy atom. The van der Waals surface area contributed by atoms with E-state index in [1.807, 2.05) is 0 Å². The van der Waals surface area contributed by atoms with Crippen molar-refractivity contribution < 1.29 is 76.3 Å². The van der Waals surface area contributed by atoms with E-state index < -0.39 is 42.4 Å². The Balaban J connectivity index is 0.00000380. The van der Waals surface area contributed by atoms with E-state index in [0.717, 1.165) is 6.07 Å². The van der Waals surface area contributed by atoms with Crippen molar-refractivity contribution in [1.29, 1.82) is 0 Å². The second kappa shape index (κ2) is 10.7. The largest absolute Gasteiger partial charge is 1.00 e. The number of hydrogen-bond donors (Lipinski definition) is 7. The van der Waals surface area contributed by atoms with Crippen LogP contribution in [0.2, 0.25) is 0 Å². The van der Waals surface area contributed by atoms with Crippen LogP contribution in [0.3, 0.4) is 0 Å². The maximum Gasteiger partial charge on any atom is 0.402 e. The summed E-state index contributed by atoms with van der Waals surface area (Å²) in [4.78, 5) is 11.5. The summed E-state index contributed by atoms with van der Waals surface area (Å²) in [6.07, 6.45) is -9.46. The van der Waals surface area contributed by atoms with Crippen LogP contribution in [0.25, 0.3) is 22.3 Å². The number of aliphatic carboxylic acids is 1. The number of phenolic OH excluding ortho intramolecular Hbond substituents is 3. The average molecular weight is 543 g/mol. The third-order valence-electron chi connectivity index (χ3n) is 5.61. The van der Waals surface area contributed by atoms with Gasteiger partial charge < -0.3 is 67.1 Å². The van der Waals surface area contributed by atoms with E-state index in [2.05, 4.69) is 0 Å². The van der Waals surface area contributed by atoms with Crippen molar-refractivity contribution in [2.45, 2.75) is 30.7 Å². The normalized spacial score (nSPS) is 23.2. The zero-order chi connectivity index (χ0) is 26.3. The predicted octanol–water partition coefficient (Wildman–Crippen LogP) is -2.21. The second-order valence-electron chi connectivity index (χ2n) is 7.90. The minimum Gasteiger partial charge on any atom is -1.00 e. The quantitative estimate of drug-likeness (QED) is 0.165. The number of methoxy groups -OCH3 is 2. The number of halogens is 1. The van der Waals surface area contributed by atoms with Gasteiger partial charge in [-0.15, -0.1) is 0 Å². The Kier molecular flexibility index (Phi) is 8.05. The molecule has 2 heterocycles. The molecule has 0 bridgehead atoms. The molecule has 1 aliphatic heterocycles. The van der Waals surface area contributed by atoms with Gasteiger partial charge in [0.25, 0.3) is 0 Å². The van der Waals surface area contributed by atoms with Crippen LogP contribution in [0.5, 0.6) is 34.5 Å². The van der Waals surface area contributed by atoms with E-state index in [1.54, 1.807) is 0 Å². The molecule has 37 heavy (non-hydrogen) atoms. The molecule has 14 heteroatoms. The molecule has 0 unspecified atom stereocenters. The molecule has 0 amide bonds. The number of benzene rings is 2. The van der Waals surface area contributed by atoms with Gasteiger partial charge in [-0.3, -0.25) is 0 Å². The minimum absolute atomic E-state index is 0. The summed E-state index contributed by atoms with van der Waals surface area (Å²) in [7, 11) is 2.60. The summed E-state index contributed by atoms with van der Waals surface area (Å²) in [5.41, 5.74) is 0.201. The lowest BCUT2D eigenvalue weighted by molar-refractivity contribution is -0.271. The number of aromatic hydroxyl groups is 3. The fourth-order valence-corrected chi connectivity index (χ4v) is 3.77. The van der Waals surface area contributed by atoms with Gasteiger partial charge in [0.15, 0.2) is 17.6 Å². The fraction of sp³-hybridized carbons (Fsp3) is 0.304. The SMILES string of the molecule is COc1cc(-c2[o+]c3cc(O)cc(O)c3cc2O[C@@H]2O[C@H](C(=O)O)[C@@H](O)[C@H](O)[C@H]2O)cc(OC)c1O.[Cl-]. The first-order chi connectivity index (χ1) is 17.0. The number of ether oxygens (including phenoxy) is 4. The number of rotatable bonds is 6. The number of carboxylic acids is 1. The highest BCUT2D eigenvalue weighted by Crippen LogP contribution is 2.45. The molecular formula is C23H23ClO13. The molecule has 2 aromatic carbocycles. The summed E-state index contributed by atoms with van der Waals surface area (Å²) in [5.74, 6) is -2.96. The number of aliphatic hydroxyl groups excluding tert-OH is 3. The van der Waals surface area contributed by atoms with E-state index in [4.69, 9.17) is 23.4 Å². The molecule has 0 aliphatic carbocycles. The number of phenols is 3. The van der Waals surface area contributed by atoms with Gasteiger partial charge in [-0.25, -0.2) is 9.21 Å². The van der Waals surface area contributed by atoms with Gasteiger partial charge in [-0.05, 0) is 0 Å².